The second-order valence-electron chi connectivity index (χ2n) is 7.56. The fraction of sp³-hybridized carbons (Fsp3) is 0.286. The number of hydrogen-bond acceptors (Lipinski definition) is 5. The van der Waals surface area contributed by atoms with Crippen molar-refractivity contribution in [1.82, 2.24) is 23.9 Å². The summed E-state index contributed by atoms with van der Waals surface area (Å²) in [5.74, 6) is 0.673. The monoisotopic (exact) mass is 484 g/mol. The molecule has 2 atom stereocenters. The summed E-state index contributed by atoms with van der Waals surface area (Å²) in [6.45, 7) is 1.54. The summed E-state index contributed by atoms with van der Waals surface area (Å²) in [4.78, 5) is 9.57. The van der Waals surface area contributed by atoms with Crippen LogP contribution in [0.4, 0.5) is 5.82 Å². The Labute approximate surface area is 185 Å². The molecule has 1 fully saturated rings. The van der Waals surface area contributed by atoms with E-state index in [9.17, 15) is 4.21 Å². The molecule has 2 N–H and O–H groups in total. The molecule has 0 saturated carbocycles. The molecule has 2 unspecified atom stereocenters. The van der Waals surface area contributed by atoms with Gasteiger partial charge in [0.2, 0.25) is 0 Å². The summed E-state index contributed by atoms with van der Waals surface area (Å²) in [7, 11) is -0.992. The first-order valence-corrected chi connectivity index (χ1v) is 12.1. The molecule has 1 saturated heterocycles. The zero-order valence-electron chi connectivity index (χ0n) is 16.5. The molecule has 1 aliphatic rings. The van der Waals surface area contributed by atoms with Crippen LogP contribution in [-0.2, 0) is 11.0 Å². The summed E-state index contributed by atoms with van der Waals surface area (Å²) in [6.07, 6.45) is 7.32. The lowest BCUT2D eigenvalue weighted by molar-refractivity contribution is 0.328. The lowest BCUT2D eigenvalue weighted by Gasteiger charge is -2.31. The normalized spacial score (nSPS) is 18.8. The zero-order valence-corrected chi connectivity index (χ0v) is 18.9. The van der Waals surface area contributed by atoms with Crippen molar-refractivity contribution in [3.8, 4) is 11.1 Å². The molecule has 0 aliphatic carbocycles. The van der Waals surface area contributed by atoms with Crippen molar-refractivity contribution in [3.63, 3.8) is 0 Å². The van der Waals surface area contributed by atoms with E-state index in [1.807, 2.05) is 34.8 Å². The third kappa shape index (κ3) is 3.30. The van der Waals surface area contributed by atoms with Crippen LogP contribution in [0.2, 0.25) is 0 Å². The number of para-hydroxylation sites is 1. The van der Waals surface area contributed by atoms with E-state index in [0.29, 0.717) is 18.0 Å². The highest BCUT2D eigenvalue weighted by molar-refractivity contribution is 9.10. The van der Waals surface area contributed by atoms with Crippen LogP contribution in [0.1, 0.15) is 24.5 Å². The molecule has 0 amide bonds. The average Bonchev–Trinajstić information content (AvgIpc) is 3.20. The number of nitrogens with zero attached hydrogens (tertiary/aromatic N) is 5. The number of nitrogens with two attached hydrogens (primary N) is 1. The highest BCUT2D eigenvalue weighted by Crippen LogP contribution is 2.36. The third-order valence-electron chi connectivity index (χ3n) is 5.68. The van der Waals surface area contributed by atoms with Gasteiger partial charge < -0.3 is 5.73 Å². The summed E-state index contributed by atoms with van der Waals surface area (Å²) >= 11 is 3.64. The summed E-state index contributed by atoms with van der Waals surface area (Å²) in [6, 6.07) is 10.1. The van der Waals surface area contributed by atoms with Gasteiger partial charge in [-0.25, -0.2) is 13.5 Å². The lowest BCUT2D eigenvalue weighted by Crippen LogP contribution is -2.35. The number of pyridine rings is 1. The minimum Gasteiger partial charge on any atom is -0.383 e. The van der Waals surface area contributed by atoms with Crippen molar-refractivity contribution in [1.29, 1.82) is 0 Å². The van der Waals surface area contributed by atoms with Gasteiger partial charge in [-0.2, -0.15) is 9.61 Å². The van der Waals surface area contributed by atoms with Crippen LogP contribution in [-0.4, -0.2) is 47.4 Å². The molecule has 0 bridgehead atoms. The fourth-order valence-electron chi connectivity index (χ4n) is 4.10. The largest absolute Gasteiger partial charge is 0.383 e. The number of hydrogen-bond donors (Lipinski definition) is 1. The Morgan fingerprint density at radius 3 is 2.93 bits per heavy atom. The predicted molar refractivity (Wildman–Crippen MR) is 123 cm³/mol. The molecule has 1 aromatic carbocycles. The van der Waals surface area contributed by atoms with Gasteiger partial charge in [0.1, 0.15) is 5.82 Å². The molecule has 154 valence electrons. The number of halogens is 1. The van der Waals surface area contributed by atoms with Crippen molar-refractivity contribution in [2.24, 2.45) is 0 Å². The Bertz CT molecular complexity index is 1290. The molecule has 4 heterocycles. The second-order valence-corrected chi connectivity index (χ2v) is 9.71. The topological polar surface area (TPSA) is 89.4 Å². The number of fused-ring (bicyclic) bond motifs is 2. The third-order valence-corrected chi connectivity index (χ3v) is 7.56. The minimum absolute atomic E-state index is 0.154. The van der Waals surface area contributed by atoms with Gasteiger partial charge in [0.15, 0.2) is 5.65 Å². The van der Waals surface area contributed by atoms with Crippen LogP contribution >= 0.6 is 15.9 Å². The number of aromatic nitrogens is 4. The van der Waals surface area contributed by atoms with Gasteiger partial charge in [0.25, 0.3) is 0 Å². The van der Waals surface area contributed by atoms with Gasteiger partial charge >= 0.3 is 0 Å². The highest BCUT2D eigenvalue weighted by Gasteiger charge is 2.28. The van der Waals surface area contributed by atoms with Gasteiger partial charge in [-0.15, -0.1) is 0 Å². The van der Waals surface area contributed by atoms with Crippen LogP contribution in [0, 0.1) is 0 Å². The standard InChI is InChI=1S/C21H21BrN6OS/c1-30(29)27-8-4-6-14(12-27)19-18(22)20(23)28-21(26-19)16(11-25-28)15-9-13-5-2-3-7-17(13)24-10-15/h2-3,5,7,9-11,14H,4,6,8,12,23H2,1H3. The van der Waals surface area contributed by atoms with Gasteiger partial charge in [-0.05, 0) is 40.9 Å². The number of anilines is 1. The fourth-order valence-corrected chi connectivity index (χ4v) is 5.46. The quantitative estimate of drug-likeness (QED) is 0.477. The smallest absolute Gasteiger partial charge is 0.165 e. The Kier molecular flexibility index (Phi) is 5.04. The molecule has 4 aromatic rings. The first-order chi connectivity index (χ1) is 14.5. The van der Waals surface area contributed by atoms with Crippen LogP contribution in [0.25, 0.3) is 27.7 Å². The average molecular weight is 485 g/mol. The molecular formula is C21H21BrN6OS. The first-order valence-electron chi connectivity index (χ1n) is 9.79. The van der Waals surface area contributed by atoms with Crippen molar-refractivity contribution < 1.29 is 4.21 Å². The lowest BCUT2D eigenvalue weighted by atomic mass is 9.95. The van der Waals surface area contributed by atoms with Gasteiger partial charge in [-0.3, -0.25) is 4.98 Å². The number of rotatable bonds is 3. The van der Waals surface area contributed by atoms with Crippen LogP contribution in [0.15, 0.2) is 47.2 Å². The van der Waals surface area contributed by atoms with E-state index in [4.69, 9.17) is 10.7 Å². The van der Waals surface area contributed by atoms with Crippen LogP contribution in [0.5, 0.6) is 0 Å². The van der Waals surface area contributed by atoms with E-state index in [0.717, 1.165) is 51.6 Å². The van der Waals surface area contributed by atoms with E-state index in [1.165, 1.54) is 0 Å². The zero-order chi connectivity index (χ0) is 20.8. The van der Waals surface area contributed by atoms with E-state index in [-0.39, 0.29) is 5.92 Å². The van der Waals surface area contributed by atoms with E-state index >= 15 is 0 Å². The molecule has 30 heavy (non-hydrogen) atoms. The Hall–Kier alpha value is -2.36. The summed E-state index contributed by atoms with van der Waals surface area (Å²) in [5.41, 5.74) is 10.8. The predicted octanol–water partition coefficient (Wildman–Crippen LogP) is 3.76. The Morgan fingerprint density at radius 1 is 1.27 bits per heavy atom. The molecule has 0 spiro atoms. The molecule has 9 heteroatoms. The van der Waals surface area contributed by atoms with E-state index in [2.05, 4.69) is 32.1 Å². The molecule has 3 aromatic heterocycles. The number of nitrogen functional groups attached to an aromatic ring is 1. The molecule has 7 nitrogen and oxygen atoms in total. The maximum absolute atomic E-state index is 12.0. The SMILES string of the molecule is CS(=O)N1CCCC(c2nc3c(-c4cnc5ccccc5c4)cnn3c(N)c2Br)C1. The van der Waals surface area contributed by atoms with Gasteiger partial charge in [0, 0.05) is 48.0 Å². The number of piperidine rings is 1. The van der Waals surface area contributed by atoms with E-state index in [1.54, 1.807) is 17.0 Å². The Morgan fingerprint density at radius 2 is 2.10 bits per heavy atom. The molecular weight excluding hydrogens is 464 g/mol. The summed E-state index contributed by atoms with van der Waals surface area (Å²) < 4.78 is 16.4. The van der Waals surface area contributed by atoms with Crippen LogP contribution < -0.4 is 5.73 Å². The summed E-state index contributed by atoms with van der Waals surface area (Å²) in [5, 5.41) is 5.54. The molecule has 0 radical (unpaired) electrons. The maximum Gasteiger partial charge on any atom is 0.165 e. The molecule has 5 rings (SSSR count). The number of benzene rings is 1. The van der Waals surface area contributed by atoms with Gasteiger partial charge in [0.05, 0.1) is 32.9 Å². The van der Waals surface area contributed by atoms with Crippen molar-refractivity contribution in [2.45, 2.75) is 18.8 Å². The van der Waals surface area contributed by atoms with Gasteiger partial charge in [-0.1, -0.05) is 18.2 Å². The highest BCUT2D eigenvalue weighted by atomic mass is 79.9. The van der Waals surface area contributed by atoms with E-state index < -0.39 is 11.0 Å². The van der Waals surface area contributed by atoms with Crippen molar-refractivity contribution in [2.75, 3.05) is 25.1 Å². The second kappa shape index (κ2) is 7.72. The van der Waals surface area contributed by atoms with Crippen LogP contribution in [0.3, 0.4) is 0 Å². The molecule has 1 aliphatic heterocycles. The first kappa shape index (κ1) is 19.6. The minimum atomic E-state index is -0.992. The maximum atomic E-state index is 12.0. The Balaban J connectivity index is 1.63. The van der Waals surface area contributed by atoms with Crippen molar-refractivity contribution in [3.05, 3.63) is 52.9 Å². The van der Waals surface area contributed by atoms with Crippen molar-refractivity contribution >= 4 is 49.3 Å².